The number of carbonyl (C=O) groups excluding carboxylic acids is 1. The van der Waals surface area contributed by atoms with E-state index in [1.165, 1.54) is 24.3 Å². The van der Waals surface area contributed by atoms with Gasteiger partial charge in [-0.3, -0.25) is 4.79 Å². The molecule has 140 valence electrons. The van der Waals surface area contributed by atoms with Crippen molar-refractivity contribution >= 4 is 33.1 Å². The van der Waals surface area contributed by atoms with Crippen LogP contribution >= 0.6 is 0 Å². The van der Waals surface area contributed by atoms with Gasteiger partial charge in [-0.1, -0.05) is 24.3 Å². The molecule has 0 saturated carbocycles. The Bertz CT molecular complexity index is 1210. The number of hydrogen-bond acceptors (Lipinski definition) is 4. The number of halogens is 1. The van der Waals surface area contributed by atoms with Crippen molar-refractivity contribution in [1.29, 1.82) is 0 Å². The molecule has 1 aliphatic heterocycles. The molecule has 0 radical (unpaired) electrons. The van der Waals surface area contributed by atoms with Gasteiger partial charge in [0.1, 0.15) is 10.7 Å². The summed E-state index contributed by atoms with van der Waals surface area (Å²) in [5, 5.41) is 5.46. The molecule has 1 aliphatic rings. The molecule has 0 fully saturated rings. The van der Waals surface area contributed by atoms with Gasteiger partial charge < -0.3 is 10.6 Å². The highest BCUT2D eigenvalue weighted by molar-refractivity contribution is 7.90. The Morgan fingerprint density at radius 1 is 0.893 bits per heavy atom. The number of sulfonamides is 1. The molecule has 8 heteroatoms. The third kappa shape index (κ3) is 3.37. The first-order valence-corrected chi connectivity index (χ1v) is 9.75. The Morgan fingerprint density at radius 3 is 2.32 bits per heavy atom. The number of hydrogen-bond donors (Lipinski definition) is 2. The van der Waals surface area contributed by atoms with E-state index in [0.717, 1.165) is 0 Å². The number of benzene rings is 3. The lowest BCUT2D eigenvalue weighted by atomic mass is 10.1. The average molecular weight is 395 g/mol. The van der Waals surface area contributed by atoms with Crippen molar-refractivity contribution in [2.75, 3.05) is 10.6 Å². The van der Waals surface area contributed by atoms with Crippen molar-refractivity contribution in [3.05, 3.63) is 89.7 Å². The predicted molar refractivity (Wildman–Crippen MR) is 105 cm³/mol. The second kappa shape index (κ2) is 6.90. The number of carbonyl (C=O) groups is 1. The summed E-state index contributed by atoms with van der Waals surface area (Å²) in [4.78, 5) is 12.4. The Labute approximate surface area is 160 Å². The molecule has 1 amide bonds. The Balaban J connectivity index is 1.52. The summed E-state index contributed by atoms with van der Waals surface area (Å²) in [5.41, 5.74) is 1.48. The van der Waals surface area contributed by atoms with Crippen LogP contribution in [-0.4, -0.2) is 20.2 Å². The summed E-state index contributed by atoms with van der Waals surface area (Å²) in [6, 6.07) is 18.8. The number of nitrogens with one attached hydrogen (secondary N) is 2. The lowest BCUT2D eigenvalue weighted by Gasteiger charge is -2.09. The second-order valence-electron chi connectivity index (χ2n) is 6.05. The summed E-state index contributed by atoms with van der Waals surface area (Å²) in [5.74, 6) is -0.754. The third-order valence-corrected chi connectivity index (χ3v) is 5.50. The first-order valence-electron chi connectivity index (χ1n) is 8.31. The standard InChI is InChI=1S/C20H14FN3O3S/c21-16-6-2-3-7-17(16)23-20(25)13-9-11-14(12-10-13)22-19-15-5-1-4-8-18(15)28(26,27)24-19/h1-12H,(H,22,24)(H,23,25). The van der Waals surface area contributed by atoms with E-state index in [1.807, 2.05) is 0 Å². The van der Waals surface area contributed by atoms with Crippen molar-refractivity contribution in [3.8, 4) is 0 Å². The Kier molecular flexibility index (Phi) is 4.40. The van der Waals surface area contributed by atoms with Gasteiger partial charge in [-0.25, -0.2) is 4.39 Å². The van der Waals surface area contributed by atoms with Crippen LogP contribution in [0.3, 0.4) is 0 Å². The number of nitrogens with zero attached hydrogens (tertiary/aromatic N) is 1. The highest BCUT2D eigenvalue weighted by atomic mass is 32.2. The number of para-hydroxylation sites is 1. The number of anilines is 2. The zero-order valence-electron chi connectivity index (χ0n) is 14.4. The number of fused-ring (bicyclic) bond motifs is 1. The van der Waals surface area contributed by atoms with E-state index in [0.29, 0.717) is 16.8 Å². The van der Waals surface area contributed by atoms with E-state index in [1.54, 1.807) is 48.5 Å². The SMILES string of the molecule is O=C(Nc1ccccc1F)c1ccc(NC2=NS(=O)(=O)c3ccccc32)cc1. The van der Waals surface area contributed by atoms with E-state index in [9.17, 15) is 17.6 Å². The van der Waals surface area contributed by atoms with E-state index in [-0.39, 0.29) is 16.4 Å². The molecule has 0 aromatic heterocycles. The van der Waals surface area contributed by atoms with Gasteiger partial charge in [0.15, 0.2) is 5.84 Å². The van der Waals surface area contributed by atoms with Gasteiger partial charge in [-0.05, 0) is 48.5 Å². The van der Waals surface area contributed by atoms with Gasteiger partial charge in [0.25, 0.3) is 15.9 Å². The molecule has 4 rings (SSSR count). The topological polar surface area (TPSA) is 87.6 Å². The molecule has 0 bridgehead atoms. The minimum absolute atomic E-state index is 0.0943. The summed E-state index contributed by atoms with van der Waals surface area (Å²) >= 11 is 0. The largest absolute Gasteiger partial charge is 0.339 e. The van der Waals surface area contributed by atoms with Crippen molar-refractivity contribution in [2.24, 2.45) is 4.40 Å². The maximum Gasteiger partial charge on any atom is 0.285 e. The Hall–Kier alpha value is -3.52. The molecule has 0 unspecified atom stereocenters. The van der Waals surface area contributed by atoms with E-state index >= 15 is 0 Å². The first-order chi connectivity index (χ1) is 13.4. The minimum Gasteiger partial charge on any atom is -0.339 e. The molecule has 3 aromatic carbocycles. The smallest absolute Gasteiger partial charge is 0.285 e. The zero-order valence-corrected chi connectivity index (χ0v) is 15.2. The van der Waals surface area contributed by atoms with Gasteiger partial charge in [0.2, 0.25) is 0 Å². The van der Waals surface area contributed by atoms with Crippen LogP contribution in [0.4, 0.5) is 15.8 Å². The maximum atomic E-state index is 13.7. The van der Waals surface area contributed by atoms with E-state index in [2.05, 4.69) is 15.0 Å². The molecule has 0 aliphatic carbocycles. The molecule has 0 atom stereocenters. The fraction of sp³-hybridized carbons (Fsp3) is 0. The molecule has 0 saturated heterocycles. The molecule has 6 nitrogen and oxygen atoms in total. The normalized spacial score (nSPS) is 14.1. The van der Waals surface area contributed by atoms with Gasteiger partial charge in [-0.2, -0.15) is 8.42 Å². The van der Waals surface area contributed by atoms with Crippen molar-refractivity contribution < 1.29 is 17.6 Å². The molecule has 3 aromatic rings. The van der Waals surface area contributed by atoms with Crippen molar-refractivity contribution in [1.82, 2.24) is 0 Å². The fourth-order valence-electron chi connectivity index (χ4n) is 2.79. The number of amides is 1. The van der Waals surface area contributed by atoms with Crippen LogP contribution in [0.15, 0.2) is 82.1 Å². The molecule has 1 heterocycles. The van der Waals surface area contributed by atoms with Crippen LogP contribution in [0, 0.1) is 5.82 Å². The van der Waals surface area contributed by atoms with Crippen molar-refractivity contribution in [3.63, 3.8) is 0 Å². The van der Waals surface area contributed by atoms with E-state index < -0.39 is 21.7 Å². The average Bonchev–Trinajstić information content (AvgIpc) is 2.95. The highest BCUT2D eigenvalue weighted by Gasteiger charge is 2.28. The summed E-state index contributed by atoms with van der Waals surface area (Å²) < 4.78 is 41.6. The lowest BCUT2D eigenvalue weighted by molar-refractivity contribution is 0.102. The van der Waals surface area contributed by atoms with Gasteiger partial charge in [-0.15, -0.1) is 4.40 Å². The third-order valence-electron chi connectivity index (χ3n) is 4.16. The summed E-state index contributed by atoms with van der Waals surface area (Å²) in [7, 11) is -3.71. The molecule has 2 N–H and O–H groups in total. The summed E-state index contributed by atoms with van der Waals surface area (Å²) in [6.45, 7) is 0. The predicted octanol–water partition coefficient (Wildman–Crippen LogP) is 3.64. The molecular formula is C20H14FN3O3S. The van der Waals surface area contributed by atoms with Crippen LogP contribution < -0.4 is 10.6 Å². The summed E-state index contributed by atoms with van der Waals surface area (Å²) in [6.07, 6.45) is 0. The molecular weight excluding hydrogens is 381 g/mol. The van der Waals surface area contributed by atoms with Gasteiger partial charge >= 0.3 is 0 Å². The second-order valence-corrected chi connectivity index (χ2v) is 7.62. The van der Waals surface area contributed by atoms with E-state index in [4.69, 9.17) is 0 Å². The highest BCUT2D eigenvalue weighted by Crippen LogP contribution is 2.26. The molecule has 0 spiro atoms. The maximum absolute atomic E-state index is 13.7. The zero-order chi connectivity index (χ0) is 19.7. The monoisotopic (exact) mass is 395 g/mol. The van der Waals surface area contributed by atoms with Crippen LogP contribution in [0.1, 0.15) is 15.9 Å². The van der Waals surface area contributed by atoms with Gasteiger partial charge in [0, 0.05) is 16.8 Å². The van der Waals surface area contributed by atoms with Crippen LogP contribution in [0.5, 0.6) is 0 Å². The molecule has 28 heavy (non-hydrogen) atoms. The van der Waals surface area contributed by atoms with Crippen molar-refractivity contribution in [2.45, 2.75) is 4.90 Å². The van der Waals surface area contributed by atoms with Crippen LogP contribution in [0.25, 0.3) is 0 Å². The Morgan fingerprint density at radius 2 is 1.57 bits per heavy atom. The quantitative estimate of drug-likeness (QED) is 0.709. The first kappa shape index (κ1) is 17.9. The van der Waals surface area contributed by atoms with Crippen LogP contribution in [-0.2, 0) is 10.0 Å². The van der Waals surface area contributed by atoms with Gasteiger partial charge in [0.05, 0.1) is 5.69 Å². The number of rotatable bonds is 3. The lowest BCUT2D eigenvalue weighted by Crippen LogP contribution is -2.14. The fourth-order valence-corrected chi connectivity index (χ4v) is 3.97. The van der Waals surface area contributed by atoms with Crippen LogP contribution in [0.2, 0.25) is 0 Å². The number of amidine groups is 1. The minimum atomic E-state index is -3.71.